The lowest BCUT2D eigenvalue weighted by atomic mass is 10.1. The number of nitrogens with zero attached hydrogens (tertiary/aromatic N) is 1. The summed E-state index contributed by atoms with van der Waals surface area (Å²) in [6, 6.07) is 0. The van der Waals surface area contributed by atoms with E-state index in [9.17, 15) is 4.79 Å². The molecule has 0 fully saturated rings. The molecule has 0 aliphatic carbocycles. The van der Waals surface area contributed by atoms with E-state index in [4.69, 9.17) is 0 Å². The Morgan fingerprint density at radius 1 is 1.48 bits per heavy atom. The largest absolute Gasteiger partial charge is 0.347 e. The third kappa shape index (κ3) is 6.78. The molecule has 7 heteroatoms. The van der Waals surface area contributed by atoms with Gasteiger partial charge in [-0.1, -0.05) is 25.5 Å². The standard InChI is InChI=1S/C14H21N3OS.2ClH/c1-10(2)7-13-17-12(9-19-13)14(18)16-8-11-3-5-15-6-4-11;;/h3,9-10,15H,4-8H2,1-2H3,(H,16,18);2*1H. The topological polar surface area (TPSA) is 54.0 Å². The van der Waals surface area contributed by atoms with E-state index in [2.05, 4.69) is 35.5 Å². The molecule has 0 unspecified atom stereocenters. The van der Waals surface area contributed by atoms with Gasteiger partial charge in [0.05, 0.1) is 5.01 Å². The van der Waals surface area contributed by atoms with Gasteiger partial charge in [0.2, 0.25) is 0 Å². The van der Waals surface area contributed by atoms with E-state index in [1.165, 1.54) is 5.57 Å². The van der Waals surface area contributed by atoms with Crippen LogP contribution < -0.4 is 10.6 Å². The number of halogens is 2. The molecule has 0 aromatic carbocycles. The van der Waals surface area contributed by atoms with E-state index in [-0.39, 0.29) is 30.7 Å². The normalized spacial score (nSPS) is 14.0. The molecule has 120 valence electrons. The van der Waals surface area contributed by atoms with Crippen LogP contribution in [-0.2, 0) is 6.42 Å². The molecule has 4 nitrogen and oxygen atoms in total. The molecule has 1 amide bonds. The lowest BCUT2D eigenvalue weighted by Crippen LogP contribution is -2.29. The van der Waals surface area contributed by atoms with Crippen molar-refractivity contribution < 1.29 is 4.79 Å². The van der Waals surface area contributed by atoms with Crippen molar-refractivity contribution in [2.75, 3.05) is 19.6 Å². The Balaban J connectivity index is 0.00000200. The molecule has 1 aromatic rings. The van der Waals surface area contributed by atoms with E-state index in [0.717, 1.165) is 30.9 Å². The van der Waals surface area contributed by atoms with E-state index in [1.807, 2.05) is 5.38 Å². The highest BCUT2D eigenvalue weighted by Crippen LogP contribution is 2.14. The minimum Gasteiger partial charge on any atom is -0.347 e. The molecule has 2 heterocycles. The van der Waals surface area contributed by atoms with Gasteiger partial charge in [0.15, 0.2) is 0 Å². The van der Waals surface area contributed by atoms with Gasteiger partial charge in [0.25, 0.3) is 5.91 Å². The van der Waals surface area contributed by atoms with Crippen LogP contribution in [-0.4, -0.2) is 30.5 Å². The van der Waals surface area contributed by atoms with Gasteiger partial charge in [-0.25, -0.2) is 4.98 Å². The maximum absolute atomic E-state index is 12.0. The predicted octanol–water partition coefficient (Wildman–Crippen LogP) is 2.83. The number of amides is 1. The number of aromatic nitrogens is 1. The number of thiazole rings is 1. The first-order chi connectivity index (χ1) is 9.15. The fourth-order valence-corrected chi connectivity index (χ4v) is 2.96. The molecule has 0 bridgehead atoms. The predicted molar refractivity (Wildman–Crippen MR) is 93.1 cm³/mol. The molecule has 2 N–H and O–H groups in total. The first-order valence-electron chi connectivity index (χ1n) is 6.76. The Morgan fingerprint density at radius 2 is 2.24 bits per heavy atom. The van der Waals surface area contributed by atoms with Crippen molar-refractivity contribution in [1.82, 2.24) is 15.6 Å². The van der Waals surface area contributed by atoms with Crippen molar-refractivity contribution in [3.05, 3.63) is 27.7 Å². The molecule has 0 saturated carbocycles. The van der Waals surface area contributed by atoms with Crippen molar-refractivity contribution in [2.24, 2.45) is 5.92 Å². The summed E-state index contributed by atoms with van der Waals surface area (Å²) < 4.78 is 0. The Kier molecular flexibility index (Phi) is 9.86. The molecular weight excluding hydrogens is 329 g/mol. The van der Waals surface area contributed by atoms with E-state index in [0.29, 0.717) is 18.2 Å². The first kappa shape index (κ1) is 20.4. The SMILES string of the molecule is CC(C)Cc1nc(C(=O)NCC2=CCNCC2)cs1.Cl.Cl. The van der Waals surface area contributed by atoms with Gasteiger partial charge in [-0.05, 0) is 18.9 Å². The lowest BCUT2D eigenvalue weighted by molar-refractivity contribution is 0.0952. The highest BCUT2D eigenvalue weighted by Gasteiger charge is 2.12. The number of carbonyl (C=O) groups is 1. The number of rotatable bonds is 5. The van der Waals surface area contributed by atoms with Crippen LogP contribution in [0, 0.1) is 5.92 Å². The van der Waals surface area contributed by atoms with Crippen molar-refractivity contribution in [3.63, 3.8) is 0 Å². The summed E-state index contributed by atoms with van der Waals surface area (Å²) in [5.74, 6) is 0.507. The number of hydrogen-bond donors (Lipinski definition) is 2. The molecule has 0 spiro atoms. The second-order valence-corrected chi connectivity index (χ2v) is 6.17. The summed E-state index contributed by atoms with van der Waals surface area (Å²) in [6.45, 7) is 6.85. The summed E-state index contributed by atoms with van der Waals surface area (Å²) in [7, 11) is 0. The molecule has 1 aliphatic heterocycles. The van der Waals surface area contributed by atoms with Crippen LogP contribution in [0.1, 0.15) is 35.8 Å². The maximum Gasteiger partial charge on any atom is 0.271 e. The summed E-state index contributed by atoms with van der Waals surface area (Å²) in [4.78, 5) is 16.4. The van der Waals surface area contributed by atoms with Crippen LogP contribution in [0.15, 0.2) is 17.0 Å². The molecule has 0 radical (unpaired) electrons. The zero-order chi connectivity index (χ0) is 13.7. The van der Waals surface area contributed by atoms with Crippen LogP contribution in [0.4, 0.5) is 0 Å². The monoisotopic (exact) mass is 351 g/mol. The lowest BCUT2D eigenvalue weighted by Gasteiger charge is -2.14. The van der Waals surface area contributed by atoms with E-state index < -0.39 is 0 Å². The molecule has 21 heavy (non-hydrogen) atoms. The minimum absolute atomic E-state index is 0. The van der Waals surface area contributed by atoms with Gasteiger partial charge in [-0.3, -0.25) is 4.79 Å². The Labute approximate surface area is 142 Å². The fraction of sp³-hybridized carbons (Fsp3) is 0.571. The molecule has 0 saturated heterocycles. The van der Waals surface area contributed by atoms with Crippen LogP contribution in [0.3, 0.4) is 0 Å². The summed E-state index contributed by atoms with van der Waals surface area (Å²) >= 11 is 1.57. The second-order valence-electron chi connectivity index (χ2n) is 5.22. The van der Waals surface area contributed by atoms with Gasteiger partial charge in [-0.2, -0.15) is 0 Å². The van der Waals surface area contributed by atoms with Crippen molar-refractivity contribution in [3.8, 4) is 0 Å². The third-order valence-electron chi connectivity index (χ3n) is 3.00. The Bertz CT molecular complexity index is 475. The zero-order valence-corrected chi connectivity index (χ0v) is 14.8. The van der Waals surface area contributed by atoms with Crippen molar-refractivity contribution >= 4 is 42.1 Å². The Morgan fingerprint density at radius 3 is 2.86 bits per heavy atom. The van der Waals surface area contributed by atoms with Crippen molar-refractivity contribution in [2.45, 2.75) is 26.7 Å². The summed E-state index contributed by atoms with van der Waals surface area (Å²) in [5, 5.41) is 9.09. The van der Waals surface area contributed by atoms with Crippen LogP contribution in [0.2, 0.25) is 0 Å². The fourth-order valence-electron chi connectivity index (χ4n) is 1.97. The molecular formula is C14H23Cl2N3OS. The minimum atomic E-state index is -0.0642. The van der Waals surface area contributed by atoms with Crippen molar-refractivity contribution in [1.29, 1.82) is 0 Å². The van der Waals surface area contributed by atoms with Gasteiger partial charge < -0.3 is 10.6 Å². The molecule has 1 aromatic heterocycles. The third-order valence-corrected chi connectivity index (χ3v) is 3.87. The quantitative estimate of drug-likeness (QED) is 0.802. The summed E-state index contributed by atoms with van der Waals surface area (Å²) in [5.41, 5.74) is 1.85. The van der Waals surface area contributed by atoms with Crippen LogP contribution in [0.5, 0.6) is 0 Å². The number of carbonyl (C=O) groups excluding carboxylic acids is 1. The Hall–Kier alpha value is -0.620. The van der Waals surface area contributed by atoms with E-state index in [1.54, 1.807) is 11.3 Å². The van der Waals surface area contributed by atoms with Gasteiger partial charge in [0, 0.05) is 24.9 Å². The molecule has 0 atom stereocenters. The average Bonchev–Trinajstić information content (AvgIpc) is 2.85. The average molecular weight is 352 g/mol. The maximum atomic E-state index is 12.0. The molecule has 2 rings (SSSR count). The highest BCUT2D eigenvalue weighted by atomic mass is 35.5. The smallest absolute Gasteiger partial charge is 0.271 e. The van der Waals surface area contributed by atoms with Gasteiger partial charge in [-0.15, -0.1) is 36.2 Å². The number of nitrogens with one attached hydrogen (secondary N) is 2. The summed E-state index contributed by atoms with van der Waals surface area (Å²) in [6.07, 6.45) is 4.10. The van der Waals surface area contributed by atoms with E-state index >= 15 is 0 Å². The van der Waals surface area contributed by atoms with Crippen LogP contribution >= 0.6 is 36.2 Å². The zero-order valence-electron chi connectivity index (χ0n) is 12.3. The van der Waals surface area contributed by atoms with Gasteiger partial charge in [0.1, 0.15) is 5.69 Å². The van der Waals surface area contributed by atoms with Crippen LogP contribution in [0.25, 0.3) is 0 Å². The highest BCUT2D eigenvalue weighted by molar-refractivity contribution is 7.09. The molecule has 1 aliphatic rings. The number of hydrogen-bond acceptors (Lipinski definition) is 4. The second kappa shape index (κ2) is 10.2. The first-order valence-corrected chi connectivity index (χ1v) is 7.64. The van der Waals surface area contributed by atoms with Gasteiger partial charge >= 0.3 is 0 Å².